The summed E-state index contributed by atoms with van der Waals surface area (Å²) in [6, 6.07) is 26.4. The quantitative estimate of drug-likeness (QED) is 0.349. The summed E-state index contributed by atoms with van der Waals surface area (Å²) >= 11 is 0. The first-order chi connectivity index (χ1) is 18.6. The van der Waals surface area contributed by atoms with E-state index in [1.54, 1.807) is 31.4 Å². The Bertz CT molecular complexity index is 1380. The number of nitrogens with one attached hydrogen (secondary N) is 1. The predicted octanol–water partition coefficient (Wildman–Crippen LogP) is 4.81. The molecule has 1 fully saturated rings. The number of carbonyl (C=O) groups excluding carboxylic acids is 2. The van der Waals surface area contributed by atoms with Gasteiger partial charge in [-0.3, -0.25) is 19.5 Å². The first-order valence-electron chi connectivity index (χ1n) is 12.7. The minimum absolute atomic E-state index is 0.103. The molecule has 1 unspecified atom stereocenters. The normalized spacial score (nSPS) is 14.7. The van der Waals surface area contributed by atoms with Crippen molar-refractivity contribution in [1.82, 2.24) is 14.5 Å². The third-order valence-electron chi connectivity index (χ3n) is 6.45. The van der Waals surface area contributed by atoms with Crippen molar-refractivity contribution in [2.45, 2.75) is 18.9 Å². The summed E-state index contributed by atoms with van der Waals surface area (Å²) in [5, 5.41) is 2.94. The summed E-state index contributed by atoms with van der Waals surface area (Å²) in [4.78, 5) is 33.1. The van der Waals surface area contributed by atoms with Crippen LogP contribution in [0.25, 0.3) is 16.9 Å². The van der Waals surface area contributed by atoms with E-state index < -0.39 is 0 Å². The molecular weight excluding hydrogens is 480 g/mol. The lowest BCUT2D eigenvalue weighted by Crippen LogP contribution is -2.42. The molecule has 0 radical (unpaired) electrons. The number of benzene rings is 3. The lowest BCUT2D eigenvalue weighted by atomic mass is 10.1. The fourth-order valence-corrected chi connectivity index (χ4v) is 4.53. The average Bonchev–Trinajstić information content (AvgIpc) is 3.63. The van der Waals surface area contributed by atoms with Crippen molar-refractivity contribution in [2.24, 2.45) is 0 Å². The largest absolute Gasteiger partial charge is 0.497 e. The van der Waals surface area contributed by atoms with E-state index in [0.29, 0.717) is 30.4 Å². The van der Waals surface area contributed by atoms with E-state index in [1.807, 2.05) is 71.4 Å². The van der Waals surface area contributed by atoms with E-state index in [1.165, 1.54) is 4.90 Å². The zero-order chi connectivity index (χ0) is 26.3. The van der Waals surface area contributed by atoms with Crippen LogP contribution < -0.4 is 10.1 Å². The molecule has 4 aromatic rings. The molecule has 8 heteroatoms. The van der Waals surface area contributed by atoms with Gasteiger partial charge in [0.25, 0.3) is 5.91 Å². The maximum Gasteiger partial charge on any atom is 0.254 e. The minimum Gasteiger partial charge on any atom is -0.497 e. The van der Waals surface area contributed by atoms with E-state index in [4.69, 9.17) is 14.5 Å². The number of imidazole rings is 1. The van der Waals surface area contributed by atoms with Gasteiger partial charge in [0.1, 0.15) is 12.3 Å². The van der Waals surface area contributed by atoms with Gasteiger partial charge in [-0.1, -0.05) is 54.6 Å². The Morgan fingerprint density at radius 3 is 2.53 bits per heavy atom. The fraction of sp³-hybridized carbons (Fsp3) is 0.233. The monoisotopic (exact) mass is 510 g/mol. The van der Waals surface area contributed by atoms with Crippen LogP contribution in [0.3, 0.4) is 0 Å². The van der Waals surface area contributed by atoms with E-state index in [9.17, 15) is 9.59 Å². The van der Waals surface area contributed by atoms with Gasteiger partial charge in [0, 0.05) is 36.2 Å². The molecular formula is C30H30N4O4. The number of anilines is 1. The topological polar surface area (TPSA) is 85.7 Å². The van der Waals surface area contributed by atoms with Gasteiger partial charge in [-0.2, -0.15) is 0 Å². The van der Waals surface area contributed by atoms with Gasteiger partial charge in [-0.25, -0.2) is 4.98 Å². The van der Waals surface area contributed by atoms with Crippen LogP contribution in [0.2, 0.25) is 0 Å². The first-order valence-corrected chi connectivity index (χ1v) is 12.7. The van der Waals surface area contributed by atoms with Crippen LogP contribution >= 0.6 is 0 Å². The van der Waals surface area contributed by atoms with Crippen molar-refractivity contribution in [3.63, 3.8) is 0 Å². The Balaban J connectivity index is 1.40. The van der Waals surface area contributed by atoms with Crippen molar-refractivity contribution in [3.05, 3.63) is 96.7 Å². The molecule has 3 aromatic carbocycles. The average molecular weight is 511 g/mol. The van der Waals surface area contributed by atoms with E-state index in [2.05, 4.69) is 5.32 Å². The molecule has 8 nitrogen and oxygen atoms in total. The Hall–Kier alpha value is -4.43. The highest BCUT2D eigenvalue weighted by atomic mass is 16.5. The number of methoxy groups -OCH3 is 1. The van der Waals surface area contributed by atoms with E-state index >= 15 is 0 Å². The first kappa shape index (κ1) is 25.2. The van der Waals surface area contributed by atoms with Gasteiger partial charge < -0.3 is 14.4 Å². The number of amides is 2. The standard InChI is InChI=1S/C30H30N4O4/c1-37-25-15-8-12-23(18-25)29(36)33(19-26-16-9-17-38-26)21-28(35)32-30-31-27(22-10-4-2-5-11-22)20-34(30)24-13-6-3-7-14-24/h2-8,10-15,18,20,26H,9,16-17,19,21H2,1H3,(H,31,32,35). The molecule has 1 aromatic heterocycles. The van der Waals surface area contributed by atoms with Crippen LogP contribution in [0.1, 0.15) is 23.2 Å². The molecule has 0 bridgehead atoms. The molecule has 0 aliphatic carbocycles. The molecule has 1 saturated heterocycles. The second-order valence-corrected chi connectivity index (χ2v) is 9.12. The van der Waals surface area contributed by atoms with Crippen molar-refractivity contribution in [3.8, 4) is 22.7 Å². The predicted molar refractivity (Wildman–Crippen MR) is 146 cm³/mol. The molecule has 5 rings (SSSR count). The Kier molecular flexibility index (Phi) is 7.80. The highest BCUT2D eigenvalue weighted by Crippen LogP contribution is 2.24. The third kappa shape index (κ3) is 5.92. The van der Waals surface area contributed by atoms with E-state index in [0.717, 1.165) is 29.8 Å². The molecule has 1 atom stereocenters. The fourth-order valence-electron chi connectivity index (χ4n) is 4.53. The van der Waals surface area contributed by atoms with Crippen molar-refractivity contribution >= 4 is 17.8 Å². The molecule has 2 amide bonds. The highest BCUT2D eigenvalue weighted by molar-refractivity contribution is 5.99. The number of rotatable bonds is 9. The molecule has 0 saturated carbocycles. The van der Waals surface area contributed by atoms with Crippen LogP contribution in [-0.2, 0) is 9.53 Å². The van der Waals surface area contributed by atoms with Crippen LogP contribution in [0, 0.1) is 0 Å². The zero-order valence-electron chi connectivity index (χ0n) is 21.2. The Morgan fingerprint density at radius 1 is 1.05 bits per heavy atom. The summed E-state index contributed by atoms with van der Waals surface area (Å²) in [5.74, 6) is 0.356. The molecule has 38 heavy (non-hydrogen) atoms. The van der Waals surface area contributed by atoms with Crippen LogP contribution in [-0.4, -0.2) is 59.2 Å². The number of ether oxygens (including phenoxy) is 2. The molecule has 194 valence electrons. The smallest absolute Gasteiger partial charge is 0.254 e. The van der Waals surface area contributed by atoms with Gasteiger partial charge in [0.05, 0.1) is 18.9 Å². The number of aromatic nitrogens is 2. The zero-order valence-corrected chi connectivity index (χ0v) is 21.2. The van der Waals surface area contributed by atoms with Gasteiger partial charge in [-0.15, -0.1) is 0 Å². The second-order valence-electron chi connectivity index (χ2n) is 9.12. The van der Waals surface area contributed by atoms with Crippen molar-refractivity contribution in [1.29, 1.82) is 0 Å². The summed E-state index contributed by atoms with van der Waals surface area (Å²) in [5.41, 5.74) is 2.98. The minimum atomic E-state index is -0.346. The number of hydrogen-bond donors (Lipinski definition) is 1. The third-order valence-corrected chi connectivity index (χ3v) is 6.45. The molecule has 0 spiro atoms. The lowest BCUT2D eigenvalue weighted by Gasteiger charge is -2.25. The number of hydrogen-bond acceptors (Lipinski definition) is 5. The summed E-state index contributed by atoms with van der Waals surface area (Å²) in [6.07, 6.45) is 3.58. The second kappa shape index (κ2) is 11.7. The molecule has 1 aliphatic heterocycles. The van der Waals surface area contributed by atoms with Crippen LogP contribution in [0.15, 0.2) is 91.1 Å². The number of carbonyl (C=O) groups is 2. The molecule has 1 N–H and O–H groups in total. The number of para-hydroxylation sites is 1. The molecule has 2 heterocycles. The van der Waals surface area contributed by atoms with Gasteiger partial charge in [-0.05, 0) is 43.2 Å². The summed E-state index contributed by atoms with van der Waals surface area (Å²) in [7, 11) is 1.56. The Morgan fingerprint density at radius 2 is 1.82 bits per heavy atom. The summed E-state index contributed by atoms with van der Waals surface area (Å²) < 4.78 is 12.9. The highest BCUT2D eigenvalue weighted by Gasteiger charge is 2.26. The van der Waals surface area contributed by atoms with Crippen molar-refractivity contribution in [2.75, 3.05) is 32.1 Å². The maximum absolute atomic E-state index is 13.5. The summed E-state index contributed by atoms with van der Waals surface area (Å²) in [6.45, 7) is 0.846. The Labute approximate surface area is 221 Å². The maximum atomic E-state index is 13.5. The number of nitrogens with zero attached hydrogens (tertiary/aromatic N) is 3. The van der Waals surface area contributed by atoms with Gasteiger partial charge >= 0.3 is 0 Å². The van der Waals surface area contributed by atoms with Gasteiger partial charge in [0.15, 0.2) is 0 Å². The SMILES string of the molecule is COc1cccc(C(=O)N(CC(=O)Nc2nc(-c3ccccc3)cn2-c2ccccc2)CC2CCCO2)c1. The molecule has 1 aliphatic rings. The van der Waals surface area contributed by atoms with Crippen molar-refractivity contribution < 1.29 is 19.1 Å². The van der Waals surface area contributed by atoms with Crippen LogP contribution in [0.4, 0.5) is 5.95 Å². The van der Waals surface area contributed by atoms with Gasteiger partial charge in [0.2, 0.25) is 11.9 Å². The lowest BCUT2D eigenvalue weighted by molar-refractivity contribution is -0.117. The van der Waals surface area contributed by atoms with Crippen LogP contribution in [0.5, 0.6) is 5.75 Å². The van der Waals surface area contributed by atoms with E-state index in [-0.39, 0.29) is 24.5 Å².